The Labute approximate surface area is 86.9 Å². The van der Waals surface area contributed by atoms with Crippen LogP contribution in [0.1, 0.15) is 29.6 Å². The minimum Gasteiger partial charge on any atom is -0.294 e. The van der Waals surface area contributed by atoms with E-state index in [4.69, 9.17) is 11.6 Å². The van der Waals surface area contributed by atoms with Crippen LogP contribution in [-0.2, 0) is 0 Å². The SMILES string of the molecule is O=C(CC1CC1)c1cc(Cl)ccc1F. The van der Waals surface area contributed by atoms with E-state index >= 15 is 0 Å². The molecule has 3 heteroatoms. The van der Waals surface area contributed by atoms with E-state index in [0.29, 0.717) is 17.4 Å². The van der Waals surface area contributed by atoms with E-state index in [1.54, 1.807) is 0 Å². The second kappa shape index (κ2) is 3.70. The topological polar surface area (TPSA) is 17.1 Å². The summed E-state index contributed by atoms with van der Waals surface area (Å²) in [6.45, 7) is 0. The average molecular weight is 213 g/mol. The Morgan fingerprint density at radius 3 is 2.86 bits per heavy atom. The summed E-state index contributed by atoms with van der Waals surface area (Å²) in [5, 5.41) is 0.408. The number of halogens is 2. The molecule has 1 aromatic carbocycles. The molecule has 0 radical (unpaired) electrons. The van der Waals surface area contributed by atoms with Gasteiger partial charge in [-0.3, -0.25) is 4.79 Å². The molecule has 0 heterocycles. The molecule has 1 saturated carbocycles. The Bertz CT molecular complexity index is 372. The average Bonchev–Trinajstić information content (AvgIpc) is 2.93. The Morgan fingerprint density at radius 2 is 2.21 bits per heavy atom. The van der Waals surface area contributed by atoms with Crippen molar-refractivity contribution in [2.45, 2.75) is 19.3 Å². The maximum Gasteiger partial charge on any atom is 0.166 e. The van der Waals surface area contributed by atoms with Crippen LogP contribution in [0, 0.1) is 11.7 Å². The number of rotatable bonds is 3. The van der Waals surface area contributed by atoms with Gasteiger partial charge in [0.1, 0.15) is 5.82 Å². The molecule has 0 aromatic heterocycles. The predicted octanol–water partition coefficient (Wildman–Crippen LogP) is 3.46. The second-order valence-corrected chi connectivity index (χ2v) is 4.13. The third-order valence-electron chi connectivity index (χ3n) is 2.40. The number of carbonyl (C=O) groups is 1. The van der Waals surface area contributed by atoms with Crippen molar-refractivity contribution in [2.24, 2.45) is 5.92 Å². The van der Waals surface area contributed by atoms with E-state index in [2.05, 4.69) is 0 Å². The lowest BCUT2D eigenvalue weighted by atomic mass is 10.1. The van der Waals surface area contributed by atoms with Crippen LogP contribution in [0.15, 0.2) is 18.2 Å². The number of Topliss-reactive ketones (excluding diaryl/α,β-unsaturated/α-hetero) is 1. The second-order valence-electron chi connectivity index (χ2n) is 3.69. The van der Waals surface area contributed by atoms with Gasteiger partial charge in [0.2, 0.25) is 0 Å². The number of hydrogen-bond acceptors (Lipinski definition) is 1. The van der Waals surface area contributed by atoms with Crippen molar-refractivity contribution in [2.75, 3.05) is 0 Å². The molecule has 0 N–H and O–H groups in total. The summed E-state index contributed by atoms with van der Waals surface area (Å²) in [5.41, 5.74) is 0.129. The van der Waals surface area contributed by atoms with Gasteiger partial charge in [-0.2, -0.15) is 0 Å². The molecule has 1 fully saturated rings. The lowest BCUT2D eigenvalue weighted by molar-refractivity contribution is 0.0972. The van der Waals surface area contributed by atoms with Gasteiger partial charge in [-0.05, 0) is 37.0 Å². The predicted molar refractivity (Wildman–Crippen MR) is 53.1 cm³/mol. The van der Waals surface area contributed by atoms with E-state index in [-0.39, 0.29) is 11.3 Å². The molecule has 0 amide bonds. The maximum atomic E-state index is 13.2. The first-order chi connectivity index (χ1) is 6.66. The fraction of sp³-hybridized carbons (Fsp3) is 0.364. The van der Waals surface area contributed by atoms with Gasteiger partial charge in [0.15, 0.2) is 5.78 Å². The van der Waals surface area contributed by atoms with Gasteiger partial charge in [0.25, 0.3) is 0 Å². The number of carbonyl (C=O) groups excluding carboxylic acids is 1. The van der Waals surface area contributed by atoms with Crippen LogP contribution in [0.3, 0.4) is 0 Å². The Kier molecular flexibility index (Phi) is 2.55. The molecule has 0 bridgehead atoms. The summed E-state index contributed by atoms with van der Waals surface area (Å²) in [6, 6.07) is 4.09. The summed E-state index contributed by atoms with van der Waals surface area (Å²) in [7, 11) is 0. The van der Waals surface area contributed by atoms with Crippen LogP contribution in [0.4, 0.5) is 4.39 Å². The molecule has 0 aliphatic heterocycles. The van der Waals surface area contributed by atoms with Crippen molar-refractivity contribution in [3.8, 4) is 0 Å². The standard InChI is InChI=1S/C11H10ClFO/c12-8-3-4-10(13)9(6-8)11(14)5-7-1-2-7/h3-4,6-7H,1-2,5H2. The van der Waals surface area contributed by atoms with Crippen molar-refractivity contribution in [1.29, 1.82) is 0 Å². The first-order valence-corrected chi connectivity index (χ1v) is 5.03. The highest BCUT2D eigenvalue weighted by atomic mass is 35.5. The van der Waals surface area contributed by atoms with E-state index in [0.717, 1.165) is 12.8 Å². The molecule has 0 unspecified atom stereocenters. The quantitative estimate of drug-likeness (QED) is 0.702. The summed E-state index contributed by atoms with van der Waals surface area (Å²) >= 11 is 5.69. The molecular weight excluding hydrogens is 203 g/mol. The molecule has 0 spiro atoms. The van der Waals surface area contributed by atoms with Gasteiger partial charge >= 0.3 is 0 Å². The maximum absolute atomic E-state index is 13.2. The van der Waals surface area contributed by atoms with Gasteiger partial charge in [0.05, 0.1) is 5.56 Å². The lowest BCUT2D eigenvalue weighted by Crippen LogP contribution is -2.03. The lowest BCUT2D eigenvalue weighted by Gasteiger charge is -2.01. The normalized spacial score (nSPS) is 15.6. The zero-order valence-corrected chi connectivity index (χ0v) is 8.35. The molecular formula is C11H10ClFO. The monoisotopic (exact) mass is 212 g/mol. The summed E-state index contributed by atoms with van der Waals surface area (Å²) < 4.78 is 13.2. The Balaban J connectivity index is 2.20. The molecule has 14 heavy (non-hydrogen) atoms. The molecule has 0 atom stereocenters. The van der Waals surface area contributed by atoms with Gasteiger partial charge in [-0.15, -0.1) is 0 Å². The molecule has 1 aliphatic rings. The van der Waals surface area contributed by atoms with E-state index < -0.39 is 5.82 Å². The summed E-state index contributed by atoms with van der Waals surface area (Å²) in [6.07, 6.45) is 2.64. The van der Waals surface area contributed by atoms with Gasteiger partial charge < -0.3 is 0 Å². The van der Waals surface area contributed by atoms with E-state index in [1.165, 1.54) is 18.2 Å². The minimum absolute atomic E-state index is 0.129. The van der Waals surface area contributed by atoms with Crippen LogP contribution in [-0.4, -0.2) is 5.78 Å². The van der Waals surface area contributed by atoms with Gasteiger partial charge in [0, 0.05) is 11.4 Å². The fourth-order valence-corrected chi connectivity index (χ4v) is 1.58. The number of benzene rings is 1. The zero-order valence-electron chi connectivity index (χ0n) is 7.59. The molecule has 1 aliphatic carbocycles. The van der Waals surface area contributed by atoms with Crippen molar-refractivity contribution in [1.82, 2.24) is 0 Å². The van der Waals surface area contributed by atoms with Crippen LogP contribution in [0.25, 0.3) is 0 Å². The van der Waals surface area contributed by atoms with E-state index in [1.807, 2.05) is 0 Å². The third-order valence-corrected chi connectivity index (χ3v) is 2.63. The first kappa shape index (κ1) is 9.66. The zero-order chi connectivity index (χ0) is 10.1. The third kappa shape index (κ3) is 2.13. The molecule has 1 nitrogen and oxygen atoms in total. The summed E-state index contributed by atoms with van der Waals surface area (Å²) in [4.78, 5) is 11.6. The smallest absolute Gasteiger partial charge is 0.166 e. The Morgan fingerprint density at radius 1 is 1.50 bits per heavy atom. The van der Waals surface area contributed by atoms with Crippen LogP contribution in [0.5, 0.6) is 0 Å². The van der Waals surface area contributed by atoms with Crippen molar-refractivity contribution in [3.63, 3.8) is 0 Å². The fourth-order valence-electron chi connectivity index (χ4n) is 1.41. The molecule has 1 aromatic rings. The highest BCUT2D eigenvalue weighted by molar-refractivity contribution is 6.31. The molecule has 74 valence electrons. The number of ketones is 1. The van der Waals surface area contributed by atoms with Crippen molar-refractivity contribution >= 4 is 17.4 Å². The van der Waals surface area contributed by atoms with Gasteiger partial charge in [-0.25, -0.2) is 4.39 Å². The largest absolute Gasteiger partial charge is 0.294 e. The Hall–Kier alpha value is -0.890. The van der Waals surface area contributed by atoms with Crippen LogP contribution >= 0.6 is 11.6 Å². The van der Waals surface area contributed by atoms with E-state index in [9.17, 15) is 9.18 Å². The minimum atomic E-state index is -0.472. The van der Waals surface area contributed by atoms with Crippen molar-refractivity contribution in [3.05, 3.63) is 34.6 Å². The van der Waals surface area contributed by atoms with Crippen molar-refractivity contribution < 1.29 is 9.18 Å². The highest BCUT2D eigenvalue weighted by Crippen LogP contribution is 2.34. The summed E-state index contributed by atoms with van der Waals surface area (Å²) in [5.74, 6) is -0.131. The van der Waals surface area contributed by atoms with Crippen LogP contribution in [0.2, 0.25) is 5.02 Å². The van der Waals surface area contributed by atoms with Crippen LogP contribution < -0.4 is 0 Å². The highest BCUT2D eigenvalue weighted by Gasteiger charge is 2.26. The first-order valence-electron chi connectivity index (χ1n) is 4.65. The molecule has 2 rings (SSSR count). The molecule has 0 saturated heterocycles. The number of hydrogen-bond donors (Lipinski definition) is 0. The van der Waals surface area contributed by atoms with Gasteiger partial charge in [-0.1, -0.05) is 11.6 Å².